The van der Waals surface area contributed by atoms with Gasteiger partial charge in [-0.05, 0) is 40.4 Å². The van der Waals surface area contributed by atoms with Crippen LogP contribution in [0.3, 0.4) is 0 Å². The van der Waals surface area contributed by atoms with Gasteiger partial charge in [-0.2, -0.15) is 0 Å². The Morgan fingerprint density at radius 1 is 1.26 bits per heavy atom. The number of nitrogens with one attached hydrogen (secondary N) is 1. The molecule has 2 rings (SSSR count). The number of anilines is 1. The predicted molar refractivity (Wildman–Crippen MR) is 78.3 cm³/mol. The number of aromatic nitrogens is 2. The molecule has 0 amide bonds. The first-order chi connectivity index (χ1) is 9.07. The summed E-state index contributed by atoms with van der Waals surface area (Å²) in [5.74, 6) is 0.959. The summed E-state index contributed by atoms with van der Waals surface area (Å²) in [6.07, 6.45) is 7.54. The summed E-state index contributed by atoms with van der Waals surface area (Å²) in [6.45, 7) is 1.77. The molecular weight excluding hydrogens is 238 g/mol. The Kier molecular flexibility index (Phi) is 4.37. The van der Waals surface area contributed by atoms with Gasteiger partial charge in [-0.25, -0.2) is 4.98 Å². The lowest BCUT2D eigenvalue weighted by Crippen LogP contribution is -2.56. The SMILES string of the molecule is CNCc1cncc(N(C)CC2(N(C)C)CCC2)n1. The number of likely N-dealkylation sites (N-methyl/N-ethyl adjacent to an activating group) is 2. The van der Waals surface area contributed by atoms with Gasteiger partial charge in [0.2, 0.25) is 0 Å². The molecule has 1 aliphatic rings. The van der Waals surface area contributed by atoms with Crippen molar-refractivity contribution in [1.29, 1.82) is 0 Å². The van der Waals surface area contributed by atoms with Crippen LogP contribution in [0.1, 0.15) is 25.0 Å². The minimum Gasteiger partial charge on any atom is -0.357 e. The maximum absolute atomic E-state index is 4.65. The Labute approximate surface area is 116 Å². The molecule has 0 radical (unpaired) electrons. The Morgan fingerprint density at radius 3 is 2.53 bits per heavy atom. The van der Waals surface area contributed by atoms with Gasteiger partial charge in [-0.3, -0.25) is 4.98 Å². The minimum absolute atomic E-state index is 0.315. The topological polar surface area (TPSA) is 44.3 Å². The molecule has 106 valence electrons. The first-order valence-corrected chi connectivity index (χ1v) is 6.91. The van der Waals surface area contributed by atoms with Crippen molar-refractivity contribution in [1.82, 2.24) is 20.2 Å². The summed E-state index contributed by atoms with van der Waals surface area (Å²) in [7, 11) is 8.39. The number of hydrogen-bond acceptors (Lipinski definition) is 5. The van der Waals surface area contributed by atoms with Crippen LogP contribution in [0, 0.1) is 0 Å². The fourth-order valence-corrected chi connectivity index (χ4v) is 2.70. The third-order valence-electron chi connectivity index (χ3n) is 4.19. The van der Waals surface area contributed by atoms with Gasteiger partial charge in [-0.1, -0.05) is 0 Å². The lowest BCUT2D eigenvalue weighted by atomic mass is 9.75. The Morgan fingerprint density at radius 2 is 2.00 bits per heavy atom. The molecule has 0 spiro atoms. The highest BCUT2D eigenvalue weighted by atomic mass is 15.3. The number of rotatable bonds is 6. The van der Waals surface area contributed by atoms with E-state index in [1.807, 2.05) is 19.4 Å². The Balaban J connectivity index is 2.06. The maximum atomic E-state index is 4.65. The first-order valence-electron chi connectivity index (χ1n) is 6.91. The van der Waals surface area contributed by atoms with Gasteiger partial charge in [0.25, 0.3) is 0 Å². The molecule has 5 heteroatoms. The molecule has 1 N–H and O–H groups in total. The molecule has 1 aromatic rings. The summed E-state index contributed by atoms with van der Waals surface area (Å²) in [5, 5.41) is 3.11. The third kappa shape index (κ3) is 3.04. The first kappa shape index (κ1) is 14.2. The van der Waals surface area contributed by atoms with Crippen molar-refractivity contribution in [3.05, 3.63) is 18.1 Å². The van der Waals surface area contributed by atoms with Crippen molar-refractivity contribution in [3.8, 4) is 0 Å². The van der Waals surface area contributed by atoms with Crippen LogP contribution in [-0.4, -0.2) is 55.1 Å². The van der Waals surface area contributed by atoms with Crippen molar-refractivity contribution in [2.45, 2.75) is 31.3 Å². The molecule has 1 saturated carbocycles. The molecule has 0 aromatic carbocycles. The van der Waals surface area contributed by atoms with Crippen LogP contribution < -0.4 is 10.2 Å². The zero-order chi connectivity index (χ0) is 13.9. The Bertz CT molecular complexity index is 414. The zero-order valence-corrected chi connectivity index (χ0v) is 12.5. The van der Waals surface area contributed by atoms with Gasteiger partial charge in [0.1, 0.15) is 5.82 Å². The van der Waals surface area contributed by atoms with E-state index in [0.717, 1.165) is 24.6 Å². The number of hydrogen-bond donors (Lipinski definition) is 1. The fourth-order valence-electron chi connectivity index (χ4n) is 2.70. The largest absolute Gasteiger partial charge is 0.357 e. The van der Waals surface area contributed by atoms with Crippen molar-refractivity contribution in [2.75, 3.05) is 39.6 Å². The molecule has 1 heterocycles. The zero-order valence-electron chi connectivity index (χ0n) is 12.5. The normalized spacial score (nSPS) is 17.3. The van der Waals surface area contributed by atoms with E-state index >= 15 is 0 Å². The van der Waals surface area contributed by atoms with Gasteiger partial charge in [0.15, 0.2) is 0 Å². The summed E-state index contributed by atoms with van der Waals surface area (Å²) < 4.78 is 0. The van der Waals surface area contributed by atoms with Crippen LogP contribution >= 0.6 is 0 Å². The van der Waals surface area contributed by atoms with Gasteiger partial charge in [0.05, 0.1) is 11.9 Å². The van der Waals surface area contributed by atoms with Crippen LogP contribution in [0.2, 0.25) is 0 Å². The highest BCUT2D eigenvalue weighted by Crippen LogP contribution is 2.37. The molecule has 1 aliphatic carbocycles. The Hall–Kier alpha value is -1.20. The van der Waals surface area contributed by atoms with Crippen molar-refractivity contribution >= 4 is 5.82 Å². The molecule has 0 bridgehead atoms. The molecule has 0 aliphatic heterocycles. The van der Waals surface area contributed by atoms with Crippen LogP contribution in [0.15, 0.2) is 12.4 Å². The summed E-state index contributed by atoms with van der Waals surface area (Å²) >= 11 is 0. The second-order valence-corrected chi connectivity index (χ2v) is 5.73. The minimum atomic E-state index is 0.315. The van der Waals surface area contributed by atoms with Gasteiger partial charge >= 0.3 is 0 Å². The highest BCUT2D eigenvalue weighted by Gasteiger charge is 2.40. The van der Waals surface area contributed by atoms with Crippen LogP contribution in [0.5, 0.6) is 0 Å². The summed E-state index contributed by atoms with van der Waals surface area (Å²) in [6, 6.07) is 0. The molecule has 1 fully saturated rings. The van der Waals surface area contributed by atoms with E-state index in [-0.39, 0.29) is 0 Å². The number of nitrogens with zero attached hydrogens (tertiary/aromatic N) is 4. The molecule has 0 saturated heterocycles. The second kappa shape index (κ2) is 5.84. The molecule has 5 nitrogen and oxygen atoms in total. The van der Waals surface area contributed by atoms with Gasteiger partial charge in [-0.15, -0.1) is 0 Å². The van der Waals surface area contributed by atoms with Gasteiger partial charge < -0.3 is 15.1 Å². The van der Waals surface area contributed by atoms with Crippen molar-refractivity contribution in [2.24, 2.45) is 0 Å². The highest BCUT2D eigenvalue weighted by molar-refractivity contribution is 5.36. The van der Waals surface area contributed by atoms with E-state index in [9.17, 15) is 0 Å². The molecule has 0 atom stereocenters. The molecule has 1 aromatic heterocycles. The van der Waals surface area contributed by atoms with E-state index < -0.39 is 0 Å². The summed E-state index contributed by atoms with van der Waals surface area (Å²) in [4.78, 5) is 13.5. The third-order valence-corrected chi connectivity index (χ3v) is 4.19. The van der Waals surface area contributed by atoms with Crippen LogP contribution in [0.4, 0.5) is 5.82 Å². The van der Waals surface area contributed by atoms with E-state index in [1.165, 1.54) is 19.3 Å². The molecule has 19 heavy (non-hydrogen) atoms. The van der Waals surface area contributed by atoms with E-state index in [2.05, 4.69) is 46.2 Å². The monoisotopic (exact) mass is 263 g/mol. The average Bonchev–Trinajstić information content (AvgIpc) is 2.34. The van der Waals surface area contributed by atoms with Crippen LogP contribution in [0.25, 0.3) is 0 Å². The lowest BCUT2D eigenvalue weighted by molar-refractivity contribution is 0.0681. The summed E-state index contributed by atoms with van der Waals surface area (Å²) in [5.41, 5.74) is 1.30. The fraction of sp³-hybridized carbons (Fsp3) is 0.714. The second-order valence-electron chi connectivity index (χ2n) is 5.73. The van der Waals surface area contributed by atoms with Crippen LogP contribution in [-0.2, 0) is 6.54 Å². The molecular formula is C14H25N5. The van der Waals surface area contributed by atoms with Crippen molar-refractivity contribution in [3.63, 3.8) is 0 Å². The smallest absolute Gasteiger partial charge is 0.147 e. The van der Waals surface area contributed by atoms with E-state index in [1.54, 1.807) is 0 Å². The maximum Gasteiger partial charge on any atom is 0.147 e. The quantitative estimate of drug-likeness (QED) is 0.833. The van der Waals surface area contributed by atoms with Crippen molar-refractivity contribution < 1.29 is 0 Å². The molecule has 0 unspecified atom stereocenters. The van der Waals surface area contributed by atoms with Gasteiger partial charge in [0, 0.05) is 31.9 Å². The predicted octanol–water partition coefficient (Wildman–Crippen LogP) is 1.12. The van der Waals surface area contributed by atoms with E-state index in [4.69, 9.17) is 0 Å². The van der Waals surface area contributed by atoms with E-state index in [0.29, 0.717) is 5.54 Å². The average molecular weight is 263 g/mol. The lowest BCUT2D eigenvalue weighted by Gasteiger charge is -2.49. The standard InChI is InChI=1S/C14H25N5/c1-15-8-12-9-16-10-13(17-12)19(4)11-14(18(2)3)6-5-7-14/h9-10,15H,5-8,11H2,1-4H3.